The van der Waals surface area contributed by atoms with Crippen molar-refractivity contribution in [3.05, 3.63) is 88.9 Å². The van der Waals surface area contributed by atoms with E-state index in [1.807, 2.05) is 30.3 Å². The van der Waals surface area contributed by atoms with Crippen molar-refractivity contribution in [1.29, 1.82) is 0 Å². The Morgan fingerprint density at radius 1 is 0.905 bits per heavy atom. The molecule has 1 saturated heterocycles. The summed E-state index contributed by atoms with van der Waals surface area (Å²) in [5, 5.41) is 2.16. The Bertz CT molecular complexity index is 1610. The lowest BCUT2D eigenvalue weighted by Gasteiger charge is -2.30. The second-order valence-corrected chi connectivity index (χ2v) is 14.1. The summed E-state index contributed by atoms with van der Waals surface area (Å²) in [7, 11) is -7.67. The van der Waals surface area contributed by atoms with Gasteiger partial charge in [-0.25, -0.2) is 21.1 Å². The molecule has 0 radical (unpaired) electrons. The van der Waals surface area contributed by atoms with E-state index in [1.165, 1.54) is 28.6 Å². The molecule has 0 unspecified atom stereocenters. The Labute approximate surface area is 248 Å². The number of hydrogen-bond donors (Lipinski definition) is 2. The molecule has 42 heavy (non-hydrogen) atoms. The molecule has 0 spiro atoms. The van der Waals surface area contributed by atoms with Crippen LogP contribution in [0.25, 0.3) is 0 Å². The first kappa shape index (κ1) is 31.8. The fourth-order valence-electron chi connectivity index (χ4n) is 4.61. The summed E-state index contributed by atoms with van der Waals surface area (Å²) in [4.78, 5) is 12.6. The monoisotopic (exact) mass is 643 g/mol. The molecule has 3 aromatic rings. The van der Waals surface area contributed by atoms with Crippen LogP contribution in [0.4, 0.5) is 24.5 Å². The van der Waals surface area contributed by atoms with E-state index < -0.39 is 42.7 Å². The molecule has 8 nitrogen and oxygen atoms in total. The van der Waals surface area contributed by atoms with Crippen molar-refractivity contribution < 1.29 is 34.8 Å². The van der Waals surface area contributed by atoms with Gasteiger partial charge in [0, 0.05) is 30.4 Å². The minimum Gasteiger partial charge on any atom is -0.326 e. The van der Waals surface area contributed by atoms with E-state index in [0.717, 1.165) is 17.7 Å². The second kappa shape index (κ2) is 13.0. The minimum atomic E-state index is -4.76. The van der Waals surface area contributed by atoms with Crippen LogP contribution in [-0.4, -0.2) is 45.9 Å². The molecule has 14 heteroatoms. The number of rotatable bonds is 10. The topological polar surface area (TPSA) is 113 Å². The lowest BCUT2D eigenvalue weighted by molar-refractivity contribution is -0.137. The molecule has 0 aromatic heterocycles. The molecule has 0 bridgehead atoms. The number of anilines is 2. The number of alkyl halides is 3. The minimum absolute atomic E-state index is 0.0321. The second-order valence-electron chi connectivity index (χ2n) is 9.89. The van der Waals surface area contributed by atoms with Gasteiger partial charge in [-0.3, -0.25) is 9.52 Å². The number of sulfonamides is 2. The fourth-order valence-corrected chi connectivity index (χ4v) is 7.42. The molecule has 0 saturated carbocycles. The third-order valence-electron chi connectivity index (χ3n) is 6.88. The van der Waals surface area contributed by atoms with Crippen LogP contribution in [0.3, 0.4) is 0 Å². The first-order valence-corrected chi connectivity index (χ1v) is 16.5. The standard InChI is InChI=1S/C28H29ClF3N3O5S2/c29-26-13-10-23(19-25(26)28(30,31)32)34-42(39,40)24-11-8-22(9-12-24)33-27(36)21-14-16-35(17-15-21)41(37,38)18-4-7-20-5-2-1-3-6-20/h1-3,5-6,8-13,19,21,34H,4,7,14-18H2,(H,33,36). The average Bonchev–Trinajstić information content (AvgIpc) is 2.94. The van der Waals surface area contributed by atoms with Crippen molar-refractivity contribution in [3.63, 3.8) is 0 Å². The van der Waals surface area contributed by atoms with Gasteiger partial charge in [-0.1, -0.05) is 41.9 Å². The molecular formula is C28H29ClF3N3O5S2. The number of carbonyl (C=O) groups is 1. The number of halogens is 4. The summed E-state index contributed by atoms with van der Waals surface area (Å²) in [5.41, 5.74) is -0.0885. The molecule has 2 N–H and O–H groups in total. The highest BCUT2D eigenvalue weighted by Crippen LogP contribution is 2.36. The van der Waals surface area contributed by atoms with Gasteiger partial charge in [-0.2, -0.15) is 13.2 Å². The van der Waals surface area contributed by atoms with Crippen molar-refractivity contribution >= 4 is 48.9 Å². The molecule has 0 atom stereocenters. The number of carbonyl (C=O) groups excluding carboxylic acids is 1. The van der Waals surface area contributed by atoms with Crippen molar-refractivity contribution in [2.24, 2.45) is 5.92 Å². The van der Waals surface area contributed by atoms with Crippen molar-refractivity contribution in [1.82, 2.24) is 4.31 Å². The summed E-state index contributed by atoms with van der Waals surface area (Å²) in [6.45, 7) is 0.463. The summed E-state index contributed by atoms with van der Waals surface area (Å²) >= 11 is 5.59. The number of nitrogens with one attached hydrogen (secondary N) is 2. The van der Waals surface area contributed by atoms with E-state index in [0.29, 0.717) is 37.4 Å². The molecule has 1 aliphatic rings. The van der Waals surface area contributed by atoms with Gasteiger partial charge in [0.25, 0.3) is 10.0 Å². The molecule has 1 heterocycles. The molecule has 0 aliphatic carbocycles. The lowest BCUT2D eigenvalue weighted by Crippen LogP contribution is -2.42. The third-order valence-corrected chi connectivity index (χ3v) is 10.6. The van der Waals surface area contributed by atoms with Crippen LogP contribution < -0.4 is 10.0 Å². The number of amides is 1. The van der Waals surface area contributed by atoms with Gasteiger partial charge in [0.15, 0.2) is 0 Å². The first-order chi connectivity index (χ1) is 19.7. The predicted octanol–water partition coefficient (Wildman–Crippen LogP) is 5.77. The van der Waals surface area contributed by atoms with Gasteiger partial charge in [-0.15, -0.1) is 0 Å². The Morgan fingerprint density at radius 2 is 1.52 bits per heavy atom. The van der Waals surface area contributed by atoms with Gasteiger partial charge in [0.05, 0.1) is 21.2 Å². The zero-order valence-corrected chi connectivity index (χ0v) is 24.7. The number of hydrogen-bond acceptors (Lipinski definition) is 5. The molecular weight excluding hydrogens is 615 g/mol. The third kappa shape index (κ3) is 8.24. The van der Waals surface area contributed by atoms with Gasteiger partial charge >= 0.3 is 6.18 Å². The SMILES string of the molecule is O=C(Nc1ccc(S(=O)(=O)Nc2ccc(Cl)c(C(F)(F)F)c2)cc1)C1CCN(S(=O)(=O)CCCc2ccccc2)CC1. The first-order valence-electron chi connectivity index (χ1n) is 13.1. The Morgan fingerprint density at radius 3 is 2.14 bits per heavy atom. The van der Waals surface area contributed by atoms with E-state index in [9.17, 15) is 34.8 Å². The van der Waals surface area contributed by atoms with Crippen LogP contribution >= 0.6 is 11.6 Å². The van der Waals surface area contributed by atoms with Gasteiger partial charge in [-0.05, 0) is 73.7 Å². The average molecular weight is 644 g/mol. The van der Waals surface area contributed by atoms with Crippen molar-refractivity contribution in [2.75, 3.05) is 28.9 Å². The number of benzene rings is 3. The van der Waals surface area contributed by atoms with Gasteiger partial charge in [0.1, 0.15) is 0 Å². The van der Waals surface area contributed by atoms with E-state index in [4.69, 9.17) is 11.6 Å². The van der Waals surface area contributed by atoms with Crippen LogP contribution in [0, 0.1) is 5.92 Å². The van der Waals surface area contributed by atoms with E-state index >= 15 is 0 Å². The highest BCUT2D eigenvalue weighted by molar-refractivity contribution is 7.92. The van der Waals surface area contributed by atoms with E-state index in [1.54, 1.807) is 0 Å². The van der Waals surface area contributed by atoms with E-state index in [2.05, 4.69) is 10.0 Å². The Kier molecular flexibility index (Phi) is 9.86. The molecule has 4 rings (SSSR count). The molecule has 226 valence electrons. The number of piperidine rings is 1. The summed E-state index contributed by atoms with van der Waals surface area (Å²) < 4.78 is 93.8. The maximum atomic E-state index is 13.1. The largest absolute Gasteiger partial charge is 0.417 e. The number of nitrogens with zero attached hydrogens (tertiary/aromatic N) is 1. The maximum Gasteiger partial charge on any atom is 0.417 e. The molecule has 3 aromatic carbocycles. The maximum absolute atomic E-state index is 13.1. The van der Waals surface area contributed by atoms with Crippen LogP contribution in [-0.2, 0) is 37.4 Å². The van der Waals surface area contributed by atoms with Gasteiger partial charge < -0.3 is 5.32 Å². The molecule has 1 fully saturated rings. The van der Waals surface area contributed by atoms with Crippen LogP contribution in [0.2, 0.25) is 5.02 Å². The number of aryl methyl sites for hydroxylation is 1. The quantitative estimate of drug-likeness (QED) is 0.291. The summed E-state index contributed by atoms with van der Waals surface area (Å²) in [6.07, 6.45) is -2.90. The molecule has 1 amide bonds. The van der Waals surface area contributed by atoms with E-state index in [-0.39, 0.29) is 35.3 Å². The zero-order chi connectivity index (χ0) is 30.5. The summed E-state index contributed by atoms with van der Waals surface area (Å²) in [5.74, 6) is -0.700. The van der Waals surface area contributed by atoms with Crippen LogP contribution in [0.5, 0.6) is 0 Å². The van der Waals surface area contributed by atoms with Crippen LogP contribution in [0.15, 0.2) is 77.7 Å². The van der Waals surface area contributed by atoms with Gasteiger partial charge in [0.2, 0.25) is 15.9 Å². The predicted molar refractivity (Wildman–Crippen MR) is 155 cm³/mol. The zero-order valence-electron chi connectivity index (χ0n) is 22.3. The normalized spacial score (nSPS) is 15.3. The van der Waals surface area contributed by atoms with Crippen molar-refractivity contribution in [2.45, 2.75) is 36.8 Å². The highest BCUT2D eigenvalue weighted by atomic mass is 35.5. The summed E-state index contributed by atoms with van der Waals surface area (Å²) in [6, 6.07) is 17.5. The Balaban J connectivity index is 1.29. The lowest BCUT2D eigenvalue weighted by atomic mass is 9.97. The van der Waals surface area contributed by atoms with Crippen LogP contribution in [0.1, 0.15) is 30.4 Å². The van der Waals surface area contributed by atoms with Crippen molar-refractivity contribution in [3.8, 4) is 0 Å². The Hall–Kier alpha value is -3.13. The smallest absolute Gasteiger partial charge is 0.326 e. The fraction of sp³-hybridized carbons (Fsp3) is 0.321. The molecule has 1 aliphatic heterocycles. The highest BCUT2D eigenvalue weighted by Gasteiger charge is 2.34.